The lowest BCUT2D eigenvalue weighted by Crippen LogP contribution is -1.82. The minimum atomic E-state index is -0.125. The third kappa shape index (κ3) is 19.2. The van der Waals surface area contributed by atoms with Crippen molar-refractivity contribution >= 4 is 5.78 Å². The molecule has 9 heavy (non-hydrogen) atoms. The van der Waals surface area contributed by atoms with E-state index in [1.807, 2.05) is 0 Å². The number of rotatable bonds is 1. The highest BCUT2D eigenvalue weighted by Gasteiger charge is 1.82. The number of aliphatic hydroxyl groups excluding tert-OH is 1. The fraction of sp³-hybridized carbons (Fsp3) is 0.400. The number of ketones is 1. The van der Waals surface area contributed by atoms with Crippen molar-refractivity contribution in [1.82, 2.24) is 0 Å². The Morgan fingerprint density at radius 3 is 1.67 bits per heavy atom. The van der Waals surface area contributed by atoms with Crippen molar-refractivity contribution in [2.45, 2.75) is 13.8 Å². The third-order valence-electron chi connectivity index (χ3n) is 0.412. The Balaban J connectivity index is -0.000000180. The summed E-state index contributed by atoms with van der Waals surface area (Å²) >= 11 is 0. The molecule has 0 bridgehead atoms. The van der Waals surface area contributed by atoms with E-state index in [1.54, 1.807) is 0 Å². The minimum Gasteiger partial charge on any atom is -0.512 e. The van der Waals surface area contributed by atoms with Gasteiger partial charge in [0.15, 0.2) is 5.78 Å². The second kappa shape index (κ2) is 7.13. The van der Waals surface area contributed by atoms with E-state index < -0.39 is 0 Å². The molecule has 0 saturated heterocycles. The van der Waals surface area contributed by atoms with Gasteiger partial charge in [-0.2, -0.15) is 0 Å². The van der Waals surface area contributed by atoms with E-state index in [9.17, 15) is 4.79 Å². The van der Waals surface area contributed by atoms with Crippen molar-refractivity contribution in [2.24, 2.45) is 0 Å². The van der Waals surface area contributed by atoms with Gasteiger partial charge in [0.2, 0.25) is 0 Å². The van der Waals surface area contributed by atoms with Gasteiger partial charge in [-0.15, -0.1) is 0 Å². The molecule has 0 aliphatic heterocycles. The standard InChI is InChI=1S/C5H8O2.2H2O/c1-4(6)3-5(2)7;;/h3,6H,1-2H3;2*1H2/b4-3-;;. The molecular formula is C5H12O4. The summed E-state index contributed by atoms with van der Waals surface area (Å²) < 4.78 is 0. The summed E-state index contributed by atoms with van der Waals surface area (Å²) in [7, 11) is 0. The van der Waals surface area contributed by atoms with Gasteiger partial charge < -0.3 is 16.1 Å². The predicted molar refractivity (Wildman–Crippen MR) is 34.3 cm³/mol. The number of aliphatic hydroxyl groups is 1. The zero-order valence-electron chi connectivity index (χ0n) is 5.43. The van der Waals surface area contributed by atoms with E-state index in [2.05, 4.69) is 0 Å². The van der Waals surface area contributed by atoms with Crippen molar-refractivity contribution in [1.29, 1.82) is 0 Å². The maximum Gasteiger partial charge on any atom is 0.155 e. The summed E-state index contributed by atoms with van der Waals surface area (Å²) in [5.41, 5.74) is 0. The molecule has 0 atom stereocenters. The Labute approximate surface area is 53.4 Å². The van der Waals surface area contributed by atoms with E-state index in [0.717, 1.165) is 0 Å². The quantitative estimate of drug-likeness (QED) is 0.384. The molecule has 5 N–H and O–H groups in total. The number of hydrogen-bond donors (Lipinski definition) is 1. The van der Waals surface area contributed by atoms with Gasteiger partial charge in [0.05, 0.1) is 5.76 Å². The van der Waals surface area contributed by atoms with Crippen LogP contribution in [0.5, 0.6) is 0 Å². The molecule has 0 fully saturated rings. The van der Waals surface area contributed by atoms with Crippen LogP contribution in [0.1, 0.15) is 13.8 Å². The number of carbonyl (C=O) groups is 1. The fourth-order valence-electron chi connectivity index (χ4n) is 0.294. The second-order valence-electron chi connectivity index (χ2n) is 1.40. The summed E-state index contributed by atoms with van der Waals surface area (Å²) in [6.07, 6.45) is 1.17. The molecule has 0 aromatic heterocycles. The van der Waals surface area contributed by atoms with Crippen LogP contribution in [0.3, 0.4) is 0 Å². The molecule has 4 heteroatoms. The third-order valence-corrected chi connectivity index (χ3v) is 0.412. The Morgan fingerprint density at radius 2 is 1.67 bits per heavy atom. The molecule has 0 spiro atoms. The lowest BCUT2D eigenvalue weighted by atomic mass is 10.4. The monoisotopic (exact) mass is 136 g/mol. The zero-order valence-corrected chi connectivity index (χ0v) is 5.43. The minimum absolute atomic E-state index is 0. The Hall–Kier alpha value is -0.870. The van der Waals surface area contributed by atoms with Gasteiger partial charge in [0.25, 0.3) is 0 Å². The molecule has 0 aromatic rings. The molecule has 4 nitrogen and oxygen atoms in total. The molecule has 0 saturated carbocycles. The number of carbonyl (C=O) groups excluding carboxylic acids is 1. The Bertz CT molecular complexity index is 102. The molecule has 0 aliphatic rings. The zero-order chi connectivity index (χ0) is 5.86. The van der Waals surface area contributed by atoms with Crippen LogP contribution in [-0.4, -0.2) is 21.8 Å². The summed E-state index contributed by atoms with van der Waals surface area (Å²) in [6, 6.07) is 0. The van der Waals surface area contributed by atoms with Crippen molar-refractivity contribution in [3.8, 4) is 0 Å². The van der Waals surface area contributed by atoms with Crippen LogP contribution in [0.25, 0.3) is 0 Å². The molecule has 0 unspecified atom stereocenters. The van der Waals surface area contributed by atoms with Crippen LogP contribution in [0, 0.1) is 0 Å². The smallest absolute Gasteiger partial charge is 0.155 e. The highest BCUT2D eigenvalue weighted by atomic mass is 16.3. The summed E-state index contributed by atoms with van der Waals surface area (Å²) in [4.78, 5) is 10.0. The average molecular weight is 136 g/mol. The Kier molecular flexibility index (Phi) is 12.4. The first-order chi connectivity index (χ1) is 3.13. The van der Waals surface area contributed by atoms with Gasteiger partial charge in [-0.3, -0.25) is 4.79 Å². The predicted octanol–water partition coefficient (Wildman–Crippen LogP) is -0.612. The molecule has 56 valence electrons. The van der Waals surface area contributed by atoms with Gasteiger partial charge in [-0.1, -0.05) is 0 Å². The maximum absolute atomic E-state index is 10.0. The highest BCUT2D eigenvalue weighted by Crippen LogP contribution is 1.82. The van der Waals surface area contributed by atoms with E-state index in [4.69, 9.17) is 5.11 Å². The highest BCUT2D eigenvalue weighted by molar-refractivity contribution is 5.87. The van der Waals surface area contributed by atoms with Crippen LogP contribution in [0.2, 0.25) is 0 Å². The lowest BCUT2D eigenvalue weighted by Gasteiger charge is -1.80. The van der Waals surface area contributed by atoms with Crippen LogP contribution >= 0.6 is 0 Å². The van der Waals surface area contributed by atoms with E-state index >= 15 is 0 Å². The van der Waals surface area contributed by atoms with E-state index in [0.29, 0.717) is 0 Å². The summed E-state index contributed by atoms with van der Waals surface area (Å²) in [5.74, 6) is -0.0625. The SMILES string of the molecule is CC(=O)/C=C(/C)O.O.O. The first kappa shape index (κ1) is 15.7. The molecule has 0 aliphatic carbocycles. The number of allylic oxidation sites excluding steroid dienone is 2. The molecule has 0 rings (SSSR count). The summed E-state index contributed by atoms with van der Waals surface area (Å²) in [5, 5.41) is 8.36. The van der Waals surface area contributed by atoms with Crippen LogP contribution in [0.15, 0.2) is 11.8 Å². The van der Waals surface area contributed by atoms with Crippen molar-refractivity contribution in [2.75, 3.05) is 0 Å². The molecule has 0 heterocycles. The van der Waals surface area contributed by atoms with Gasteiger partial charge in [-0.25, -0.2) is 0 Å². The van der Waals surface area contributed by atoms with Crippen LogP contribution in [-0.2, 0) is 4.79 Å². The second-order valence-corrected chi connectivity index (χ2v) is 1.40. The summed E-state index contributed by atoms with van der Waals surface area (Å²) in [6.45, 7) is 2.85. The largest absolute Gasteiger partial charge is 0.512 e. The molecular weight excluding hydrogens is 124 g/mol. The van der Waals surface area contributed by atoms with Crippen molar-refractivity contribution < 1.29 is 20.9 Å². The van der Waals surface area contributed by atoms with Gasteiger partial charge >= 0.3 is 0 Å². The van der Waals surface area contributed by atoms with Gasteiger partial charge in [0, 0.05) is 6.08 Å². The molecule has 0 radical (unpaired) electrons. The van der Waals surface area contributed by atoms with Crippen molar-refractivity contribution in [3.05, 3.63) is 11.8 Å². The van der Waals surface area contributed by atoms with E-state index in [-0.39, 0.29) is 22.5 Å². The van der Waals surface area contributed by atoms with Gasteiger partial charge in [-0.05, 0) is 13.8 Å². The first-order valence-electron chi connectivity index (χ1n) is 2.01. The normalized spacial score (nSPS) is 8.89. The van der Waals surface area contributed by atoms with E-state index in [1.165, 1.54) is 19.9 Å². The van der Waals surface area contributed by atoms with Crippen LogP contribution < -0.4 is 0 Å². The molecule has 0 amide bonds. The van der Waals surface area contributed by atoms with Crippen molar-refractivity contribution in [3.63, 3.8) is 0 Å². The fourth-order valence-corrected chi connectivity index (χ4v) is 0.294. The molecule has 0 aromatic carbocycles. The maximum atomic E-state index is 10.0. The first-order valence-corrected chi connectivity index (χ1v) is 2.01. The lowest BCUT2D eigenvalue weighted by molar-refractivity contribution is -0.112. The van der Waals surface area contributed by atoms with Gasteiger partial charge in [0.1, 0.15) is 0 Å². The average Bonchev–Trinajstić information content (AvgIpc) is 1.27. The topological polar surface area (TPSA) is 100 Å². The Morgan fingerprint density at radius 1 is 1.33 bits per heavy atom. The number of hydrogen-bond acceptors (Lipinski definition) is 2. The van der Waals surface area contributed by atoms with Crippen LogP contribution in [0.4, 0.5) is 0 Å².